The quantitative estimate of drug-likeness (QED) is 0.890. The van der Waals surface area contributed by atoms with Crippen molar-refractivity contribution < 1.29 is 4.79 Å². The lowest BCUT2D eigenvalue weighted by molar-refractivity contribution is -0.119. The molecule has 0 saturated carbocycles. The lowest BCUT2D eigenvalue weighted by Crippen LogP contribution is -2.33. The van der Waals surface area contributed by atoms with Crippen molar-refractivity contribution in [2.75, 3.05) is 6.54 Å². The van der Waals surface area contributed by atoms with Crippen molar-refractivity contribution in [2.24, 2.45) is 0 Å². The summed E-state index contributed by atoms with van der Waals surface area (Å²) in [5.41, 5.74) is 1.22. The Bertz CT molecular complexity index is 394. The number of carbonyl (C=O) groups excluding carboxylic acids is 1. The Kier molecular flexibility index (Phi) is 3.61. The first kappa shape index (κ1) is 11.6. The predicted molar refractivity (Wildman–Crippen MR) is 67.1 cm³/mol. The van der Waals surface area contributed by atoms with Crippen LogP contribution in [-0.4, -0.2) is 18.5 Å². The van der Waals surface area contributed by atoms with Gasteiger partial charge in [0.1, 0.15) is 0 Å². The van der Waals surface area contributed by atoms with Crippen LogP contribution < -0.4 is 10.6 Å². The molecule has 86 valence electrons. The van der Waals surface area contributed by atoms with Crippen LogP contribution in [0.1, 0.15) is 24.9 Å². The molecule has 2 N–H and O–H groups in total. The van der Waals surface area contributed by atoms with Gasteiger partial charge in [0, 0.05) is 29.5 Å². The molecule has 0 spiro atoms. The second-order valence-corrected chi connectivity index (χ2v) is 4.97. The van der Waals surface area contributed by atoms with Crippen LogP contribution in [0, 0.1) is 0 Å². The van der Waals surface area contributed by atoms with Gasteiger partial charge in [-0.1, -0.05) is 34.1 Å². The fourth-order valence-electron chi connectivity index (χ4n) is 1.99. The Morgan fingerprint density at radius 3 is 2.88 bits per heavy atom. The summed E-state index contributed by atoms with van der Waals surface area (Å²) in [5, 5.41) is 6.28. The van der Waals surface area contributed by atoms with Gasteiger partial charge in [0.25, 0.3) is 0 Å². The fourth-order valence-corrected chi connectivity index (χ4v) is 2.62. The molecule has 3 nitrogen and oxygen atoms in total. The molecule has 1 saturated heterocycles. The van der Waals surface area contributed by atoms with Crippen molar-refractivity contribution >= 4 is 21.8 Å². The van der Waals surface area contributed by atoms with Crippen molar-refractivity contribution in [1.82, 2.24) is 10.6 Å². The van der Waals surface area contributed by atoms with Crippen LogP contribution >= 0.6 is 15.9 Å². The maximum absolute atomic E-state index is 11.1. The second-order valence-electron chi connectivity index (χ2n) is 4.11. The van der Waals surface area contributed by atoms with Gasteiger partial charge in [0.05, 0.1) is 0 Å². The van der Waals surface area contributed by atoms with Crippen LogP contribution in [-0.2, 0) is 4.79 Å². The molecule has 2 rings (SSSR count). The molecule has 1 aliphatic rings. The van der Waals surface area contributed by atoms with E-state index in [0.717, 1.165) is 11.0 Å². The monoisotopic (exact) mass is 282 g/mol. The van der Waals surface area contributed by atoms with Crippen molar-refractivity contribution in [3.63, 3.8) is 0 Å². The van der Waals surface area contributed by atoms with Gasteiger partial charge >= 0.3 is 0 Å². The average molecular weight is 283 g/mol. The van der Waals surface area contributed by atoms with Crippen molar-refractivity contribution in [2.45, 2.75) is 25.4 Å². The van der Waals surface area contributed by atoms with E-state index in [-0.39, 0.29) is 18.0 Å². The third-order valence-electron chi connectivity index (χ3n) is 2.83. The van der Waals surface area contributed by atoms with Crippen LogP contribution in [0.4, 0.5) is 0 Å². The van der Waals surface area contributed by atoms with Gasteiger partial charge in [-0.25, -0.2) is 0 Å². The van der Waals surface area contributed by atoms with Gasteiger partial charge in [-0.05, 0) is 18.6 Å². The molecule has 1 aromatic rings. The first-order valence-electron chi connectivity index (χ1n) is 5.44. The maximum atomic E-state index is 11.1. The SMILES string of the molecule is CC(NC1CNC(=O)C1)c1ccccc1Br. The minimum atomic E-state index is 0.136. The Labute approximate surface area is 104 Å². The first-order chi connectivity index (χ1) is 7.66. The Hall–Kier alpha value is -0.870. The van der Waals surface area contributed by atoms with Gasteiger partial charge in [-0.3, -0.25) is 4.79 Å². The van der Waals surface area contributed by atoms with E-state index in [1.165, 1.54) is 5.56 Å². The Morgan fingerprint density at radius 1 is 1.50 bits per heavy atom. The zero-order valence-corrected chi connectivity index (χ0v) is 10.8. The number of halogens is 1. The summed E-state index contributed by atoms with van der Waals surface area (Å²) < 4.78 is 1.10. The molecule has 1 aromatic carbocycles. The van der Waals surface area contributed by atoms with Crippen molar-refractivity contribution in [3.05, 3.63) is 34.3 Å². The number of benzene rings is 1. The fraction of sp³-hybridized carbons (Fsp3) is 0.417. The normalized spacial score (nSPS) is 21.9. The van der Waals surface area contributed by atoms with Crippen molar-refractivity contribution in [1.29, 1.82) is 0 Å². The minimum Gasteiger partial charge on any atom is -0.354 e. The van der Waals surface area contributed by atoms with E-state index >= 15 is 0 Å². The molecule has 16 heavy (non-hydrogen) atoms. The number of carbonyl (C=O) groups is 1. The molecule has 0 aliphatic carbocycles. The molecule has 1 heterocycles. The van der Waals surface area contributed by atoms with E-state index in [9.17, 15) is 4.79 Å². The number of hydrogen-bond acceptors (Lipinski definition) is 2. The topological polar surface area (TPSA) is 41.1 Å². The summed E-state index contributed by atoms with van der Waals surface area (Å²) in [4.78, 5) is 11.1. The summed E-state index contributed by atoms with van der Waals surface area (Å²) in [6.45, 7) is 2.84. The third-order valence-corrected chi connectivity index (χ3v) is 3.56. The zero-order chi connectivity index (χ0) is 11.5. The highest BCUT2D eigenvalue weighted by molar-refractivity contribution is 9.10. The summed E-state index contributed by atoms with van der Waals surface area (Å²) >= 11 is 3.54. The smallest absolute Gasteiger partial charge is 0.221 e. The van der Waals surface area contributed by atoms with Gasteiger partial charge in [-0.2, -0.15) is 0 Å². The Morgan fingerprint density at radius 2 is 2.25 bits per heavy atom. The molecular weight excluding hydrogens is 268 g/mol. The number of rotatable bonds is 3. The molecular formula is C12H15BrN2O. The highest BCUT2D eigenvalue weighted by Gasteiger charge is 2.23. The lowest BCUT2D eigenvalue weighted by atomic mass is 10.1. The summed E-state index contributed by atoms with van der Waals surface area (Å²) in [5.74, 6) is 0.136. The van der Waals surface area contributed by atoms with Crippen molar-refractivity contribution in [3.8, 4) is 0 Å². The van der Waals surface area contributed by atoms with E-state index in [2.05, 4.69) is 39.6 Å². The summed E-state index contributed by atoms with van der Waals surface area (Å²) in [6, 6.07) is 8.64. The largest absolute Gasteiger partial charge is 0.354 e. The van der Waals surface area contributed by atoms with Gasteiger partial charge < -0.3 is 10.6 Å². The molecule has 4 heteroatoms. The van der Waals surface area contributed by atoms with Gasteiger partial charge in [0.15, 0.2) is 0 Å². The predicted octanol–water partition coefficient (Wildman–Crippen LogP) is 1.99. The lowest BCUT2D eigenvalue weighted by Gasteiger charge is -2.19. The van der Waals surface area contributed by atoms with Gasteiger partial charge in [-0.15, -0.1) is 0 Å². The van der Waals surface area contributed by atoms with Crippen LogP contribution in [0.3, 0.4) is 0 Å². The number of amides is 1. The van der Waals surface area contributed by atoms with Crippen LogP contribution in [0.15, 0.2) is 28.7 Å². The van der Waals surface area contributed by atoms with E-state index in [4.69, 9.17) is 0 Å². The minimum absolute atomic E-state index is 0.136. The molecule has 0 radical (unpaired) electrons. The first-order valence-corrected chi connectivity index (χ1v) is 6.23. The zero-order valence-electron chi connectivity index (χ0n) is 9.16. The highest BCUT2D eigenvalue weighted by Crippen LogP contribution is 2.23. The number of hydrogen-bond donors (Lipinski definition) is 2. The molecule has 1 fully saturated rings. The Balaban J connectivity index is 2.00. The van der Waals surface area contributed by atoms with Crippen LogP contribution in [0.25, 0.3) is 0 Å². The molecule has 1 amide bonds. The van der Waals surface area contributed by atoms with E-state index in [0.29, 0.717) is 6.42 Å². The molecule has 0 aromatic heterocycles. The van der Waals surface area contributed by atoms with E-state index < -0.39 is 0 Å². The van der Waals surface area contributed by atoms with Crippen LogP contribution in [0.2, 0.25) is 0 Å². The van der Waals surface area contributed by atoms with E-state index in [1.807, 2.05) is 18.2 Å². The highest BCUT2D eigenvalue weighted by atomic mass is 79.9. The molecule has 0 bridgehead atoms. The summed E-state index contributed by atoms with van der Waals surface area (Å²) in [6.07, 6.45) is 0.578. The maximum Gasteiger partial charge on any atom is 0.221 e. The molecule has 1 aliphatic heterocycles. The molecule has 2 atom stereocenters. The van der Waals surface area contributed by atoms with Crippen LogP contribution in [0.5, 0.6) is 0 Å². The standard InChI is InChI=1S/C12H15BrN2O/c1-8(10-4-2-3-5-11(10)13)15-9-6-12(16)14-7-9/h2-5,8-9,15H,6-7H2,1H3,(H,14,16). The third kappa shape index (κ3) is 2.62. The average Bonchev–Trinajstić information content (AvgIpc) is 2.64. The summed E-state index contributed by atoms with van der Waals surface area (Å²) in [7, 11) is 0. The second kappa shape index (κ2) is 4.97. The van der Waals surface area contributed by atoms with Gasteiger partial charge in [0.2, 0.25) is 5.91 Å². The number of nitrogens with one attached hydrogen (secondary N) is 2. The molecule has 2 unspecified atom stereocenters. The van der Waals surface area contributed by atoms with E-state index in [1.54, 1.807) is 0 Å².